The van der Waals surface area contributed by atoms with Crippen LogP contribution in [0.3, 0.4) is 0 Å². The van der Waals surface area contributed by atoms with Gasteiger partial charge in [0.05, 0.1) is 12.9 Å². The Morgan fingerprint density at radius 3 is 2.79 bits per heavy atom. The third kappa shape index (κ3) is 1.82. The van der Waals surface area contributed by atoms with Crippen LogP contribution in [0.5, 0.6) is 0 Å². The molecule has 0 aromatic heterocycles. The van der Waals surface area contributed by atoms with Crippen LogP contribution in [-0.2, 0) is 4.74 Å². The molecule has 0 aliphatic carbocycles. The first-order chi connectivity index (χ1) is 9.13. The van der Waals surface area contributed by atoms with Crippen molar-refractivity contribution in [1.29, 1.82) is 0 Å². The van der Waals surface area contributed by atoms with Crippen molar-refractivity contribution in [1.82, 2.24) is 4.90 Å². The summed E-state index contributed by atoms with van der Waals surface area (Å²) in [4.78, 5) is 13.8. The normalized spacial score (nSPS) is 44.6. The predicted octanol–water partition coefficient (Wildman–Crippen LogP) is -3.14. The van der Waals surface area contributed by atoms with Crippen molar-refractivity contribution in [3.05, 3.63) is 0 Å². The lowest BCUT2D eigenvalue weighted by atomic mass is 10.1. The summed E-state index contributed by atoms with van der Waals surface area (Å²) < 4.78 is 5.43. The van der Waals surface area contributed by atoms with Gasteiger partial charge in [-0.05, 0) is 0 Å². The van der Waals surface area contributed by atoms with Gasteiger partial charge in [0.25, 0.3) is 0 Å². The molecular formula is C10H15N5O4. The van der Waals surface area contributed by atoms with Crippen LogP contribution in [-0.4, -0.2) is 82.1 Å². The molecule has 5 N–H and O–H groups in total. The number of ether oxygens (including phenoxy) is 1. The number of nitrogens with zero attached hydrogens (tertiary/aromatic N) is 4. The number of nitrogens with two attached hydrogens (primary N) is 1. The molecule has 0 amide bonds. The van der Waals surface area contributed by atoms with Crippen molar-refractivity contribution in [2.45, 2.75) is 36.7 Å². The molecule has 104 valence electrons. The zero-order valence-electron chi connectivity index (χ0n) is 9.94. The summed E-state index contributed by atoms with van der Waals surface area (Å²) in [5.74, 6) is 0.338. The molecular weight excluding hydrogens is 254 g/mol. The summed E-state index contributed by atoms with van der Waals surface area (Å²) in [5.41, 5.74) is 5.72. The number of amidine groups is 1. The minimum absolute atomic E-state index is 0.338. The first kappa shape index (κ1) is 12.5. The Kier molecular flexibility index (Phi) is 2.97. The summed E-state index contributed by atoms with van der Waals surface area (Å²) >= 11 is 0. The lowest BCUT2D eigenvalue weighted by molar-refractivity contribution is -0.0778. The number of fused-ring (bicyclic) bond motifs is 1. The highest BCUT2D eigenvalue weighted by Gasteiger charge is 2.49. The predicted molar refractivity (Wildman–Crippen MR) is 65.8 cm³/mol. The Morgan fingerprint density at radius 1 is 1.32 bits per heavy atom. The molecule has 0 aromatic rings. The van der Waals surface area contributed by atoms with Crippen LogP contribution in [0, 0.1) is 0 Å². The molecule has 3 aliphatic heterocycles. The molecule has 3 heterocycles. The molecule has 19 heavy (non-hydrogen) atoms. The van der Waals surface area contributed by atoms with E-state index in [0.29, 0.717) is 5.84 Å². The fraction of sp³-hybridized carbons (Fsp3) is 0.700. The zero-order chi connectivity index (χ0) is 13.6. The molecule has 6 atom stereocenters. The Balaban J connectivity index is 1.80. The van der Waals surface area contributed by atoms with Crippen molar-refractivity contribution in [3.8, 4) is 0 Å². The second kappa shape index (κ2) is 4.53. The van der Waals surface area contributed by atoms with Crippen molar-refractivity contribution in [2.24, 2.45) is 20.7 Å². The first-order valence-corrected chi connectivity index (χ1v) is 5.91. The molecule has 1 saturated heterocycles. The van der Waals surface area contributed by atoms with Crippen molar-refractivity contribution >= 4 is 18.5 Å². The third-order valence-corrected chi connectivity index (χ3v) is 3.49. The number of aliphatic hydroxyl groups excluding tert-OH is 3. The van der Waals surface area contributed by atoms with Crippen LogP contribution in [0.25, 0.3) is 0 Å². The molecule has 1 fully saturated rings. The van der Waals surface area contributed by atoms with Gasteiger partial charge in [-0.1, -0.05) is 0 Å². The van der Waals surface area contributed by atoms with Crippen molar-refractivity contribution in [3.63, 3.8) is 0 Å². The molecule has 0 radical (unpaired) electrons. The number of hydrogen-bond donors (Lipinski definition) is 4. The van der Waals surface area contributed by atoms with Gasteiger partial charge in [-0.2, -0.15) is 0 Å². The highest BCUT2D eigenvalue weighted by atomic mass is 16.6. The van der Waals surface area contributed by atoms with E-state index in [1.807, 2.05) is 0 Å². The number of hydrogen-bond acceptors (Lipinski definition) is 9. The highest BCUT2D eigenvalue weighted by molar-refractivity contribution is 5.96. The van der Waals surface area contributed by atoms with E-state index in [1.165, 1.54) is 12.7 Å². The van der Waals surface area contributed by atoms with Crippen LogP contribution in [0.2, 0.25) is 0 Å². The van der Waals surface area contributed by atoms with Gasteiger partial charge in [0, 0.05) is 0 Å². The topological polar surface area (TPSA) is 136 Å². The van der Waals surface area contributed by atoms with Gasteiger partial charge in [0.2, 0.25) is 0 Å². The average molecular weight is 269 g/mol. The second-order valence-corrected chi connectivity index (χ2v) is 4.62. The third-order valence-electron chi connectivity index (χ3n) is 3.49. The minimum atomic E-state index is -1.15. The van der Waals surface area contributed by atoms with Gasteiger partial charge in [-0.3, -0.25) is 4.99 Å². The van der Waals surface area contributed by atoms with E-state index < -0.39 is 36.7 Å². The van der Waals surface area contributed by atoms with Crippen LogP contribution in [0.1, 0.15) is 0 Å². The Labute approximate surface area is 108 Å². The Morgan fingerprint density at radius 2 is 2.11 bits per heavy atom. The molecule has 0 saturated carbocycles. The van der Waals surface area contributed by atoms with Crippen LogP contribution in [0.4, 0.5) is 0 Å². The molecule has 0 bridgehead atoms. The number of aliphatic imine (C=N–C) groups is 3. The molecule has 3 rings (SSSR count). The quantitative estimate of drug-likeness (QED) is 0.418. The minimum Gasteiger partial charge on any atom is -0.394 e. The number of aliphatic hydroxyl groups is 3. The molecule has 3 aliphatic rings. The summed E-state index contributed by atoms with van der Waals surface area (Å²) in [6.07, 6.45) is -1.60. The van der Waals surface area contributed by atoms with E-state index in [9.17, 15) is 10.2 Å². The lowest BCUT2D eigenvalue weighted by Crippen LogP contribution is -2.51. The highest BCUT2D eigenvalue weighted by Crippen LogP contribution is 2.29. The summed E-state index contributed by atoms with van der Waals surface area (Å²) in [6.45, 7) is -0.374. The first-order valence-electron chi connectivity index (χ1n) is 5.91. The fourth-order valence-electron chi connectivity index (χ4n) is 2.43. The van der Waals surface area contributed by atoms with E-state index in [4.69, 9.17) is 15.6 Å². The summed E-state index contributed by atoms with van der Waals surface area (Å²) in [5, 5.41) is 28.8. The van der Waals surface area contributed by atoms with E-state index in [-0.39, 0.29) is 6.61 Å². The Hall–Kier alpha value is -1.55. The van der Waals surface area contributed by atoms with Crippen LogP contribution < -0.4 is 5.73 Å². The maximum atomic E-state index is 9.97. The SMILES string of the molecule is NC1=NC=NC2C1N=CN2[C@@H]1O[C@H](CO)C(O)[C@@H]1O. The molecule has 3 unspecified atom stereocenters. The lowest BCUT2D eigenvalue weighted by Gasteiger charge is -2.31. The van der Waals surface area contributed by atoms with Gasteiger partial charge < -0.3 is 30.7 Å². The van der Waals surface area contributed by atoms with E-state index >= 15 is 0 Å². The second-order valence-electron chi connectivity index (χ2n) is 4.62. The summed E-state index contributed by atoms with van der Waals surface area (Å²) in [7, 11) is 0. The molecule has 9 nitrogen and oxygen atoms in total. The maximum Gasteiger partial charge on any atom is 0.162 e. The molecule has 0 aromatic carbocycles. The monoisotopic (exact) mass is 269 g/mol. The fourth-order valence-corrected chi connectivity index (χ4v) is 2.43. The van der Waals surface area contributed by atoms with E-state index in [0.717, 1.165) is 0 Å². The Bertz CT molecular complexity index is 453. The number of rotatable bonds is 2. The largest absolute Gasteiger partial charge is 0.394 e. The zero-order valence-corrected chi connectivity index (χ0v) is 9.94. The summed E-state index contributed by atoms with van der Waals surface area (Å²) in [6, 6.07) is -0.411. The van der Waals surface area contributed by atoms with E-state index in [1.54, 1.807) is 4.90 Å². The van der Waals surface area contributed by atoms with Gasteiger partial charge in [-0.15, -0.1) is 0 Å². The van der Waals surface area contributed by atoms with Gasteiger partial charge in [-0.25, -0.2) is 9.98 Å². The van der Waals surface area contributed by atoms with Gasteiger partial charge >= 0.3 is 0 Å². The van der Waals surface area contributed by atoms with Crippen molar-refractivity contribution < 1.29 is 20.1 Å². The van der Waals surface area contributed by atoms with Gasteiger partial charge in [0.15, 0.2) is 12.4 Å². The van der Waals surface area contributed by atoms with E-state index in [2.05, 4.69) is 15.0 Å². The molecule has 0 spiro atoms. The maximum absolute atomic E-state index is 9.97. The van der Waals surface area contributed by atoms with Crippen LogP contribution in [0.15, 0.2) is 15.0 Å². The molecule has 9 heteroatoms. The van der Waals surface area contributed by atoms with Crippen molar-refractivity contribution in [2.75, 3.05) is 6.61 Å². The standard InChI is InChI=1S/C10H15N5O4/c11-8-5-9(13-2-12-8)15(3-14-5)10-7(18)6(17)4(1-16)19-10/h2-7,9-10,16-18H,1H2,(H2,11,12,13)/t4-,5?,6?,7+,9?,10-/m1/s1. The van der Waals surface area contributed by atoms with Crippen LogP contribution >= 0.6 is 0 Å². The average Bonchev–Trinajstić information content (AvgIpc) is 2.94. The smallest absolute Gasteiger partial charge is 0.162 e. The van der Waals surface area contributed by atoms with Gasteiger partial charge in [0.1, 0.15) is 36.5 Å².